The minimum absolute atomic E-state index is 0.291. The average molecular weight is 575 g/mol. The van der Waals surface area contributed by atoms with Crippen molar-refractivity contribution in [1.82, 2.24) is 0 Å². The summed E-state index contributed by atoms with van der Waals surface area (Å²) in [6.45, 7) is 8.85. The Morgan fingerprint density at radius 1 is 0.455 bits per heavy atom. The van der Waals surface area contributed by atoms with E-state index in [-0.39, 0.29) is 10.8 Å². The number of anilines is 2. The van der Waals surface area contributed by atoms with Crippen LogP contribution in [0.15, 0.2) is 141 Å². The Labute approximate surface area is 258 Å². The first-order valence-electron chi connectivity index (χ1n) is 14.9. The van der Waals surface area contributed by atoms with E-state index in [1.165, 1.54) is 11.1 Å². The molecule has 0 amide bonds. The average Bonchev–Trinajstić information content (AvgIpc) is 3.46. The monoisotopic (exact) mass is 574 g/mol. The van der Waals surface area contributed by atoms with Crippen molar-refractivity contribution in [3.05, 3.63) is 132 Å². The molecule has 0 aromatic heterocycles. The minimum atomic E-state index is -0.291. The van der Waals surface area contributed by atoms with E-state index in [1.54, 1.807) is 0 Å². The van der Waals surface area contributed by atoms with Gasteiger partial charge in [0.2, 0.25) is 0 Å². The van der Waals surface area contributed by atoms with Crippen LogP contribution in [0, 0.1) is 0 Å². The second kappa shape index (κ2) is 10.7. The van der Waals surface area contributed by atoms with E-state index in [1.807, 2.05) is 85.5 Å². The summed E-state index contributed by atoms with van der Waals surface area (Å²) in [6, 6.07) is 32.8. The van der Waals surface area contributed by atoms with Crippen LogP contribution in [0.4, 0.5) is 34.1 Å². The van der Waals surface area contributed by atoms with E-state index in [0.717, 1.165) is 56.7 Å². The lowest BCUT2D eigenvalue weighted by Crippen LogP contribution is -2.28. The normalized spacial score (nSPS) is 20.1. The van der Waals surface area contributed by atoms with Gasteiger partial charge in [-0.15, -0.1) is 0 Å². The predicted molar refractivity (Wildman–Crippen MR) is 186 cm³/mol. The second-order valence-corrected chi connectivity index (χ2v) is 12.2. The molecule has 0 radical (unpaired) electrons. The number of nitrogens with zero attached hydrogens (tertiary/aromatic N) is 4. The van der Waals surface area contributed by atoms with Gasteiger partial charge in [0.25, 0.3) is 0 Å². The number of hydrogen-bond donors (Lipinski definition) is 2. The van der Waals surface area contributed by atoms with Gasteiger partial charge in [-0.05, 0) is 47.5 Å². The maximum Gasteiger partial charge on any atom is 0.0864 e. The zero-order valence-electron chi connectivity index (χ0n) is 25.3. The number of fused-ring (bicyclic) bond motifs is 4. The molecule has 0 fully saturated rings. The highest BCUT2D eigenvalue weighted by molar-refractivity contribution is 6.24. The summed E-state index contributed by atoms with van der Waals surface area (Å²) in [5.74, 6) is 0. The largest absolute Gasteiger partial charge is 0.359 e. The first-order chi connectivity index (χ1) is 21.3. The third kappa shape index (κ3) is 4.78. The van der Waals surface area contributed by atoms with Gasteiger partial charge in [0.1, 0.15) is 0 Å². The third-order valence-electron chi connectivity index (χ3n) is 8.61. The molecule has 6 heteroatoms. The van der Waals surface area contributed by atoms with E-state index >= 15 is 0 Å². The molecule has 0 saturated heterocycles. The summed E-state index contributed by atoms with van der Waals surface area (Å²) >= 11 is 0. The van der Waals surface area contributed by atoms with Crippen LogP contribution in [0.25, 0.3) is 0 Å². The summed E-state index contributed by atoms with van der Waals surface area (Å²) in [7, 11) is 0. The van der Waals surface area contributed by atoms with Gasteiger partial charge in [-0.3, -0.25) is 20.0 Å². The molecule has 4 aromatic carbocycles. The number of nitrogens with one attached hydrogen (secondary N) is 2. The summed E-state index contributed by atoms with van der Waals surface area (Å²) in [4.78, 5) is 20.1. The molecule has 6 nitrogen and oxygen atoms in total. The fourth-order valence-corrected chi connectivity index (χ4v) is 6.16. The van der Waals surface area contributed by atoms with Crippen molar-refractivity contribution < 1.29 is 0 Å². The fraction of sp³-hybridized carbons (Fsp3) is 0.158. The van der Waals surface area contributed by atoms with E-state index in [9.17, 15) is 0 Å². The van der Waals surface area contributed by atoms with Gasteiger partial charge in [0.05, 0.1) is 45.5 Å². The van der Waals surface area contributed by atoms with Crippen LogP contribution in [0.5, 0.6) is 0 Å². The van der Waals surface area contributed by atoms with Crippen molar-refractivity contribution in [2.24, 2.45) is 20.0 Å². The number of allylic oxidation sites excluding steroid dienone is 2. The SMILES string of the molecule is CC1(C)C(/C2=C\Nc3ccccc3N=C/C(C3=Nc4ccccc4C3(C)C)=C/Nc3ccccc3N=C2)=Nc2ccccc21. The van der Waals surface area contributed by atoms with Crippen molar-refractivity contribution in [3.63, 3.8) is 0 Å². The number of hydrogen-bond acceptors (Lipinski definition) is 6. The summed E-state index contributed by atoms with van der Waals surface area (Å²) in [6.07, 6.45) is 7.79. The predicted octanol–water partition coefficient (Wildman–Crippen LogP) is 9.52. The van der Waals surface area contributed by atoms with Crippen LogP contribution in [-0.4, -0.2) is 23.9 Å². The highest BCUT2D eigenvalue weighted by atomic mass is 14.9. The Bertz CT molecular complexity index is 1830. The topological polar surface area (TPSA) is 73.5 Å². The molecule has 3 aliphatic heterocycles. The van der Waals surface area contributed by atoms with Crippen LogP contribution in [0.3, 0.4) is 0 Å². The van der Waals surface area contributed by atoms with Crippen molar-refractivity contribution in [1.29, 1.82) is 0 Å². The summed E-state index contributed by atoms with van der Waals surface area (Å²) < 4.78 is 0. The van der Waals surface area contributed by atoms with Gasteiger partial charge in [-0.1, -0.05) is 88.4 Å². The smallest absolute Gasteiger partial charge is 0.0864 e. The van der Waals surface area contributed by atoms with Crippen molar-refractivity contribution >= 4 is 58.0 Å². The molecule has 44 heavy (non-hydrogen) atoms. The van der Waals surface area contributed by atoms with E-state index in [2.05, 4.69) is 74.7 Å². The molecule has 7 rings (SSSR count). The lowest BCUT2D eigenvalue weighted by atomic mass is 9.79. The van der Waals surface area contributed by atoms with Crippen LogP contribution < -0.4 is 10.6 Å². The first kappa shape index (κ1) is 27.5. The summed E-state index contributed by atoms with van der Waals surface area (Å²) in [5, 5.41) is 7.07. The Hall–Kier alpha value is -5.36. The molecule has 4 aromatic rings. The molecule has 216 valence electrons. The molecular weight excluding hydrogens is 540 g/mol. The van der Waals surface area contributed by atoms with Gasteiger partial charge >= 0.3 is 0 Å². The van der Waals surface area contributed by atoms with Gasteiger partial charge < -0.3 is 10.6 Å². The fourth-order valence-electron chi connectivity index (χ4n) is 6.16. The second-order valence-electron chi connectivity index (χ2n) is 12.2. The Balaban J connectivity index is 1.35. The first-order valence-corrected chi connectivity index (χ1v) is 14.9. The lowest BCUT2D eigenvalue weighted by molar-refractivity contribution is 0.738. The minimum Gasteiger partial charge on any atom is -0.359 e. The molecule has 3 heterocycles. The molecule has 0 aliphatic carbocycles. The number of aliphatic imine (C=N–C) groups is 4. The third-order valence-corrected chi connectivity index (χ3v) is 8.61. The maximum atomic E-state index is 5.08. The quantitative estimate of drug-likeness (QED) is 0.250. The zero-order chi connectivity index (χ0) is 30.3. The highest BCUT2D eigenvalue weighted by Gasteiger charge is 2.37. The highest BCUT2D eigenvalue weighted by Crippen LogP contribution is 2.43. The van der Waals surface area contributed by atoms with Crippen LogP contribution >= 0.6 is 0 Å². The Kier molecular flexibility index (Phi) is 6.70. The number of para-hydroxylation sites is 6. The van der Waals surface area contributed by atoms with Crippen LogP contribution in [-0.2, 0) is 10.8 Å². The van der Waals surface area contributed by atoms with E-state index in [4.69, 9.17) is 20.0 Å². The molecule has 0 bridgehead atoms. The van der Waals surface area contributed by atoms with Crippen molar-refractivity contribution in [3.8, 4) is 0 Å². The standard InChI is InChI=1S/C38H34N6/c1-37(2)27-13-5-7-15-29(27)43-35(37)25-21-39-31-17-9-11-19-33(31)41-23-26(24-42-34-20-12-10-18-32(34)40-22-25)36-38(3,4)28-14-6-8-16-30(28)44-36/h5-24,39,42H,1-4H3/b25-21-,26-24-,40-22?,41-23?. The van der Waals surface area contributed by atoms with Gasteiger partial charge in [-0.25, -0.2) is 0 Å². The van der Waals surface area contributed by atoms with Gasteiger partial charge in [-0.2, -0.15) is 0 Å². The summed E-state index contributed by atoms with van der Waals surface area (Å²) in [5.41, 5.74) is 10.9. The molecule has 3 aliphatic rings. The molecule has 0 unspecified atom stereocenters. The number of benzene rings is 4. The molecular formula is C38H34N6. The molecule has 0 atom stereocenters. The van der Waals surface area contributed by atoms with E-state index in [0.29, 0.717) is 0 Å². The molecule has 2 N–H and O–H groups in total. The van der Waals surface area contributed by atoms with Crippen molar-refractivity contribution in [2.75, 3.05) is 10.6 Å². The van der Waals surface area contributed by atoms with E-state index < -0.39 is 0 Å². The van der Waals surface area contributed by atoms with Gasteiger partial charge in [0, 0.05) is 46.8 Å². The zero-order valence-corrected chi connectivity index (χ0v) is 25.3. The van der Waals surface area contributed by atoms with Crippen LogP contribution in [0.2, 0.25) is 0 Å². The van der Waals surface area contributed by atoms with Crippen LogP contribution in [0.1, 0.15) is 38.8 Å². The Morgan fingerprint density at radius 2 is 0.818 bits per heavy atom. The lowest BCUT2D eigenvalue weighted by Gasteiger charge is -2.23. The number of rotatable bonds is 2. The maximum absolute atomic E-state index is 5.08. The van der Waals surface area contributed by atoms with Crippen molar-refractivity contribution in [2.45, 2.75) is 38.5 Å². The van der Waals surface area contributed by atoms with Gasteiger partial charge in [0.15, 0.2) is 0 Å². The Morgan fingerprint density at radius 3 is 1.23 bits per heavy atom. The molecule has 0 saturated carbocycles. The molecule has 0 spiro atoms.